The molecule has 5 atom stereocenters. The zero-order chi connectivity index (χ0) is 23.0. The van der Waals surface area contributed by atoms with E-state index in [0.717, 1.165) is 28.6 Å². The van der Waals surface area contributed by atoms with Crippen LogP contribution in [0.25, 0.3) is 11.3 Å². The predicted molar refractivity (Wildman–Crippen MR) is 107 cm³/mol. The number of hydrogen-bond acceptors (Lipinski definition) is 8. The van der Waals surface area contributed by atoms with E-state index in [1.54, 1.807) is 12.1 Å². The van der Waals surface area contributed by atoms with Gasteiger partial charge in [-0.2, -0.15) is 0 Å². The molecule has 1 aromatic carbocycles. The summed E-state index contributed by atoms with van der Waals surface area (Å²) in [7, 11) is 0. The van der Waals surface area contributed by atoms with E-state index in [1.807, 2.05) is 0 Å². The number of halogens is 4. The van der Waals surface area contributed by atoms with Gasteiger partial charge in [0.1, 0.15) is 40.5 Å². The van der Waals surface area contributed by atoms with Crippen molar-refractivity contribution in [2.45, 2.75) is 34.8 Å². The van der Waals surface area contributed by atoms with Crippen molar-refractivity contribution in [1.82, 2.24) is 20.0 Å². The highest BCUT2D eigenvalue weighted by atomic mass is 35.5. The molecule has 1 aliphatic rings. The zero-order valence-electron chi connectivity index (χ0n) is 16.0. The molecule has 0 radical (unpaired) electrons. The van der Waals surface area contributed by atoms with Crippen molar-refractivity contribution in [2.75, 3.05) is 6.61 Å². The number of aliphatic hydroxyl groups is 3. The first kappa shape index (κ1) is 23.0. The van der Waals surface area contributed by atoms with Crippen molar-refractivity contribution in [3.8, 4) is 11.3 Å². The number of pyridine rings is 1. The first-order chi connectivity index (χ1) is 15.3. The van der Waals surface area contributed by atoms with Crippen LogP contribution in [0.1, 0.15) is 6.04 Å². The van der Waals surface area contributed by atoms with Crippen LogP contribution in [-0.4, -0.2) is 65.7 Å². The third-order valence-electron chi connectivity index (χ3n) is 4.88. The minimum absolute atomic E-state index is 0.0186. The van der Waals surface area contributed by atoms with Crippen LogP contribution in [0.2, 0.25) is 5.02 Å². The van der Waals surface area contributed by atoms with Crippen LogP contribution < -0.4 is 0 Å². The van der Waals surface area contributed by atoms with E-state index in [-0.39, 0.29) is 11.3 Å². The molecule has 32 heavy (non-hydrogen) atoms. The molecule has 3 N–H and O–H groups in total. The van der Waals surface area contributed by atoms with Gasteiger partial charge in [0.05, 0.1) is 12.8 Å². The van der Waals surface area contributed by atoms with E-state index in [9.17, 15) is 28.5 Å². The Morgan fingerprint density at radius 2 is 1.84 bits per heavy atom. The second-order valence-corrected chi connectivity index (χ2v) is 8.52. The summed E-state index contributed by atoms with van der Waals surface area (Å²) in [4.78, 5) is 4.13. The number of ether oxygens (including phenoxy) is 1. The average Bonchev–Trinajstić information content (AvgIpc) is 3.23. The number of nitrogens with zero attached hydrogens (tertiary/aromatic N) is 4. The summed E-state index contributed by atoms with van der Waals surface area (Å²) in [6.07, 6.45) is -1.11. The number of aromatic nitrogens is 4. The molecule has 2 aromatic heterocycles. The first-order valence-corrected chi connectivity index (χ1v) is 10.5. The highest BCUT2D eigenvalue weighted by Gasteiger charge is 2.46. The number of benzene rings is 1. The van der Waals surface area contributed by atoms with Crippen LogP contribution in [0.15, 0.2) is 41.7 Å². The Morgan fingerprint density at radius 1 is 1.12 bits per heavy atom. The maximum Gasteiger partial charge on any atom is 0.194 e. The summed E-state index contributed by atoms with van der Waals surface area (Å²) < 4.78 is 47.1. The second-order valence-electron chi connectivity index (χ2n) is 6.97. The predicted octanol–water partition coefficient (Wildman–Crippen LogP) is 2.18. The van der Waals surface area contributed by atoms with Crippen molar-refractivity contribution in [3.63, 3.8) is 0 Å². The van der Waals surface area contributed by atoms with Gasteiger partial charge in [-0.15, -0.1) is 5.10 Å². The molecule has 1 aliphatic heterocycles. The lowest BCUT2D eigenvalue weighted by atomic mass is 9.97. The minimum Gasteiger partial charge on any atom is -0.394 e. The molecule has 4 rings (SSSR count). The summed E-state index contributed by atoms with van der Waals surface area (Å²) in [5, 5.41) is 39.7. The summed E-state index contributed by atoms with van der Waals surface area (Å²) in [5.74, 6) is -4.41. The number of rotatable bonds is 5. The van der Waals surface area contributed by atoms with Crippen LogP contribution >= 0.6 is 23.4 Å². The quantitative estimate of drug-likeness (QED) is 0.468. The van der Waals surface area contributed by atoms with Crippen molar-refractivity contribution < 1.29 is 33.2 Å². The molecule has 3 aromatic rings. The molecule has 1 saturated heterocycles. The Labute approximate surface area is 188 Å². The average molecular weight is 489 g/mol. The maximum atomic E-state index is 13.6. The van der Waals surface area contributed by atoms with Crippen LogP contribution in [-0.2, 0) is 4.74 Å². The van der Waals surface area contributed by atoms with Crippen LogP contribution in [0, 0.1) is 17.5 Å². The standard InChI is InChI=1S/C19H16ClF3N4O4S/c20-9-1-2-24-14(5-9)32-19-18(30)16(17(29)13(7-28)31-19)27-6-12(25-26-27)8-3-10(21)15(23)11(22)4-8/h1-6,13,16-19,28-30H,7H2/t13?,16?,17?,18-,19?/m0/s1. The summed E-state index contributed by atoms with van der Waals surface area (Å²) in [6.45, 7) is -0.555. The van der Waals surface area contributed by atoms with E-state index in [2.05, 4.69) is 15.3 Å². The lowest BCUT2D eigenvalue weighted by Gasteiger charge is -2.41. The molecule has 4 unspecified atom stereocenters. The van der Waals surface area contributed by atoms with Crippen molar-refractivity contribution in [3.05, 3.63) is 59.1 Å². The van der Waals surface area contributed by atoms with Gasteiger partial charge >= 0.3 is 0 Å². The molecule has 0 aliphatic carbocycles. The molecule has 1 fully saturated rings. The van der Waals surface area contributed by atoms with Gasteiger partial charge in [0, 0.05) is 16.8 Å². The maximum absolute atomic E-state index is 13.6. The zero-order valence-corrected chi connectivity index (χ0v) is 17.6. The lowest BCUT2D eigenvalue weighted by Crippen LogP contribution is -2.55. The fraction of sp³-hybridized carbons (Fsp3) is 0.316. The van der Waals surface area contributed by atoms with Crippen molar-refractivity contribution in [2.24, 2.45) is 0 Å². The highest BCUT2D eigenvalue weighted by Crippen LogP contribution is 2.38. The Balaban J connectivity index is 1.64. The molecule has 0 bridgehead atoms. The van der Waals surface area contributed by atoms with E-state index in [0.29, 0.717) is 10.0 Å². The van der Waals surface area contributed by atoms with Crippen LogP contribution in [0.3, 0.4) is 0 Å². The molecular formula is C19H16ClF3N4O4S. The van der Waals surface area contributed by atoms with E-state index in [1.165, 1.54) is 12.4 Å². The monoisotopic (exact) mass is 488 g/mol. The number of hydrogen-bond donors (Lipinski definition) is 3. The van der Waals surface area contributed by atoms with Gasteiger partial charge in [0.15, 0.2) is 17.5 Å². The summed E-state index contributed by atoms with van der Waals surface area (Å²) in [5.41, 5.74) is -1.08. The Hall–Kier alpha value is -2.22. The third-order valence-corrected chi connectivity index (χ3v) is 6.20. The molecule has 8 nitrogen and oxygen atoms in total. The van der Waals surface area contributed by atoms with Crippen LogP contribution in [0.5, 0.6) is 0 Å². The fourth-order valence-electron chi connectivity index (χ4n) is 3.30. The smallest absolute Gasteiger partial charge is 0.194 e. The molecule has 0 saturated carbocycles. The normalized spacial score (nSPS) is 25.8. The van der Waals surface area contributed by atoms with E-state index >= 15 is 0 Å². The largest absolute Gasteiger partial charge is 0.394 e. The van der Waals surface area contributed by atoms with Crippen molar-refractivity contribution in [1.29, 1.82) is 0 Å². The van der Waals surface area contributed by atoms with E-state index in [4.69, 9.17) is 16.3 Å². The summed E-state index contributed by atoms with van der Waals surface area (Å²) in [6, 6.07) is 3.51. The molecule has 13 heteroatoms. The topological polar surface area (TPSA) is 114 Å². The SMILES string of the molecule is OCC1OC(Sc2cc(Cl)ccn2)[C@@H](O)C(n2cc(-c3cc(F)c(F)c(F)c3)nn2)C1O. The molecule has 170 valence electrons. The Kier molecular flexibility index (Phi) is 6.70. The van der Waals surface area contributed by atoms with Gasteiger partial charge in [-0.1, -0.05) is 28.6 Å². The van der Waals surface area contributed by atoms with Gasteiger partial charge in [0.2, 0.25) is 0 Å². The summed E-state index contributed by atoms with van der Waals surface area (Å²) >= 11 is 6.98. The fourth-order valence-corrected chi connectivity index (χ4v) is 4.58. The Morgan fingerprint density at radius 3 is 2.50 bits per heavy atom. The van der Waals surface area contributed by atoms with E-state index < -0.39 is 53.8 Å². The molecule has 3 heterocycles. The molecule has 0 spiro atoms. The van der Waals surface area contributed by atoms with Gasteiger partial charge < -0.3 is 20.1 Å². The third kappa shape index (κ3) is 4.47. The van der Waals surface area contributed by atoms with Gasteiger partial charge in [-0.3, -0.25) is 0 Å². The number of aliphatic hydroxyl groups excluding tert-OH is 3. The van der Waals surface area contributed by atoms with Gasteiger partial charge in [-0.25, -0.2) is 22.8 Å². The van der Waals surface area contributed by atoms with Crippen LogP contribution in [0.4, 0.5) is 13.2 Å². The lowest BCUT2D eigenvalue weighted by molar-refractivity contribution is -0.178. The number of thioether (sulfide) groups is 1. The van der Waals surface area contributed by atoms with Crippen molar-refractivity contribution >= 4 is 23.4 Å². The second kappa shape index (κ2) is 9.33. The Bertz CT molecular complexity index is 1100. The highest BCUT2D eigenvalue weighted by molar-refractivity contribution is 7.99. The van der Waals surface area contributed by atoms with Gasteiger partial charge in [-0.05, 0) is 24.3 Å². The molecule has 0 amide bonds. The van der Waals surface area contributed by atoms with Gasteiger partial charge in [0.25, 0.3) is 0 Å². The minimum atomic E-state index is -1.61. The first-order valence-electron chi connectivity index (χ1n) is 9.26. The molecular weight excluding hydrogens is 473 g/mol.